The first-order chi connectivity index (χ1) is 7.11. The van der Waals surface area contributed by atoms with Crippen LogP contribution in [0.5, 0.6) is 0 Å². The summed E-state index contributed by atoms with van der Waals surface area (Å²) < 4.78 is 0. The van der Waals surface area contributed by atoms with Gasteiger partial charge >= 0.3 is 5.97 Å². The lowest BCUT2D eigenvalue weighted by Crippen LogP contribution is -2.57. The van der Waals surface area contributed by atoms with E-state index in [0.29, 0.717) is 0 Å². The molecule has 1 fully saturated rings. The van der Waals surface area contributed by atoms with Crippen molar-refractivity contribution in [3.05, 3.63) is 0 Å². The first-order valence-electron chi connectivity index (χ1n) is 5.78. The zero-order chi connectivity index (χ0) is 11.4. The van der Waals surface area contributed by atoms with Gasteiger partial charge in [0, 0.05) is 6.04 Å². The van der Waals surface area contributed by atoms with Crippen LogP contribution in [0.3, 0.4) is 0 Å². The van der Waals surface area contributed by atoms with E-state index in [2.05, 4.69) is 18.7 Å². The number of piperidine rings is 1. The number of hydrogen-bond donors (Lipinski definition) is 1. The van der Waals surface area contributed by atoms with E-state index in [0.717, 1.165) is 32.5 Å². The highest BCUT2D eigenvalue weighted by atomic mass is 16.4. The second kappa shape index (κ2) is 5.47. The van der Waals surface area contributed by atoms with Crippen LogP contribution in [0.4, 0.5) is 0 Å². The van der Waals surface area contributed by atoms with Gasteiger partial charge in [-0.2, -0.15) is 0 Å². The van der Waals surface area contributed by atoms with Gasteiger partial charge in [0.25, 0.3) is 0 Å². The Morgan fingerprint density at radius 3 is 2.53 bits per heavy atom. The van der Waals surface area contributed by atoms with Crippen molar-refractivity contribution in [3.8, 4) is 0 Å². The van der Waals surface area contributed by atoms with Crippen LogP contribution >= 0.6 is 0 Å². The fourth-order valence-electron chi connectivity index (χ4n) is 2.57. The van der Waals surface area contributed by atoms with E-state index in [4.69, 9.17) is 0 Å². The van der Waals surface area contributed by atoms with Gasteiger partial charge in [-0.3, -0.25) is 14.6 Å². The van der Waals surface area contributed by atoms with Crippen molar-refractivity contribution in [2.75, 3.05) is 26.7 Å². The molecule has 0 aromatic heterocycles. The first kappa shape index (κ1) is 12.5. The maximum Gasteiger partial charge on any atom is 0.322 e. The van der Waals surface area contributed by atoms with Crippen molar-refractivity contribution in [1.82, 2.24) is 9.80 Å². The zero-order valence-electron chi connectivity index (χ0n) is 9.94. The number of hydrogen-bond acceptors (Lipinski definition) is 3. The molecule has 1 heterocycles. The van der Waals surface area contributed by atoms with Gasteiger partial charge in [0.05, 0.1) is 0 Å². The molecule has 1 rings (SSSR count). The number of nitrogens with zero attached hydrogens (tertiary/aromatic N) is 2. The van der Waals surface area contributed by atoms with E-state index in [1.165, 1.54) is 0 Å². The number of carboxylic acids is 1. The highest BCUT2D eigenvalue weighted by molar-refractivity contribution is 5.74. The molecule has 0 bridgehead atoms. The predicted octanol–water partition coefficient (Wildman–Crippen LogP) is 0.876. The molecule has 15 heavy (non-hydrogen) atoms. The summed E-state index contributed by atoms with van der Waals surface area (Å²) in [6, 6.07) is -0.158. The van der Waals surface area contributed by atoms with Crippen molar-refractivity contribution in [1.29, 1.82) is 0 Å². The predicted molar refractivity (Wildman–Crippen MR) is 60.0 cm³/mol. The summed E-state index contributed by atoms with van der Waals surface area (Å²) in [5, 5.41) is 9.25. The fourth-order valence-corrected chi connectivity index (χ4v) is 2.57. The smallest absolute Gasteiger partial charge is 0.322 e. The number of likely N-dealkylation sites (N-methyl/N-ethyl adjacent to an activating group) is 2. The minimum atomic E-state index is -0.686. The molecule has 1 saturated heterocycles. The third-order valence-corrected chi connectivity index (χ3v) is 3.38. The van der Waals surface area contributed by atoms with Gasteiger partial charge in [0.1, 0.15) is 6.04 Å². The normalized spacial score (nSPS) is 28.3. The highest BCUT2D eigenvalue weighted by Gasteiger charge is 2.37. The zero-order valence-corrected chi connectivity index (χ0v) is 9.94. The van der Waals surface area contributed by atoms with E-state index in [9.17, 15) is 9.90 Å². The maximum absolute atomic E-state index is 11.2. The Morgan fingerprint density at radius 2 is 2.07 bits per heavy atom. The van der Waals surface area contributed by atoms with Crippen molar-refractivity contribution in [2.24, 2.45) is 0 Å². The molecule has 2 unspecified atom stereocenters. The molecule has 4 heteroatoms. The highest BCUT2D eigenvalue weighted by Crippen LogP contribution is 2.21. The first-order valence-corrected chi connectivity index (χ1v) is 5.78. The number of carboxylic acid groups (broad SMARTS) is 1. The Balaban J connectivity index is 2.78. The van der Waals surface area contributed by atoms with Gasteiger partial charge in [-0.1, -0.05) is 13.8 Å². The number of rotatable bonds is 4. The van der Waals surface area contributed by atoms with Gasteiger partial charge in [0.15, 0.2) is 0 Å². The molecule has 0 aromatic rings. The molecule has 0 radical (unpaired) electrons. The second-order valence-corrected chi connectivity index (χ2v) is 4.19. The monoisotopic (exact) mass is 214 g/mol. The molecule has 1 N–H and O–H groups in total. The average Bonchev–Trinajstić information content (AvgIpc) is 2.19. The van der Waals surface area contributed by atoms with Gasteiger partial charge < -0.3 is 5.11 Å². The summed E-state index contributed by atoms with van der Waals surface area (Å²) in [5.74, 6) is -0.686. The Kier molecular flexibility index (Phi) is 4.54. The van der Waals surface area contributed by atoms with Crippen LogP contribution in [-0.4, -0.2) is 59.6 Å². The molecular weight excluding hydrogens is 192 g/mol. The Hall–Kier alpha value is -0.610. The molecule has 88 valence electrons. The van der Waals surface area contributed by atoms with Gasteiger partial charge in [-0.25, -0.2) is 0 Å². The summed E-state index contributed by atoms with van der Waals surface area (Å²) in [6.45, 7) is 6.94. The van der Waals surface area contributed by atoms with Gasteiger partial charge in [0.2, 0.25) is 0 Å². The summed E-state index contributed by atoms with van der Waals surface area (Å²) in [4.78, 5) is 15.5. The van der Waals surface area contributed by atoms with Crippen LogP contribution in [0.1, 0.15) is 26.7 Å². The second-order valence-electron chi connectivity index (χ2n) is 4.19. The molecule has 2 atom stereocenters. The standard InChI is InChI=1S/C11H22N2O2/c1-4-13(5-2)9-7-6-8-12(3)10(9)11(14)15/h9-10H,4-8H2,1-3H3,(H,14,15). The number of likely N-dealkylation sites (tertiary alicyclic amines) is 1. The molecule has 4 nitrogen and oxygen atoms in total. The molecule has 0 saturated carbocycles. The minimum Gasteiger partial charge on any atom is -0.480 e. The van der Waals surface area contributed by atoms with E-state index < -0.39 is 5.97 Å². The van der Waals surface area contributed by atoms with Crippen molar-refractivity contribution >= 4 is 5.97 Å². The Bertz CT molecular complexity index is 217. The maximum atomic E-state index is 11.2. The molecule has 1 aliphatic heterocycles. The molecule has 1 aliphatic rings. The van der Waals surface area contributed by atoms with E-state index >= 15 is 0 Å². The lowest BCUT2D eigenvalue weighted by Gasteiger charge is -2.41. The van der Waals surface area contributed by atoms with Crippen LogP contribution < -0.4 is 0 Å². The SMILES string of the molecule is CCN(CC)C1CCCN(C)C1C(=O)O. The lowest BCUT2D eigenvalue weighted by molar-refractivity contribution is -0.147. The molecule has 0 aromatic carbocycles. The van der Waals surface area contributed by atoms with Crippen molar-refractivity contribution in [2.45, 2.75) is 38.8 Å². The fraction of sp³-hybridized carbons (Fsp3) is 0.909. The van der Waals surface area contributed by atoms with Crippen LogP contribution in [0.2, 0.25) is 0 Å². The average molecular weight is 214 g/mol. The van der Waals surface area contributed by atoms with E-state index in [-0.39, 0.29) is 12.1 Å². The van der Waals surface area contributed by atoms with Gasteiger partial charge in [-0.15, -0.1) is 0 Å². The minimum absolute atomic E-state index is 0.177. The molecule has 0 spiro atoms. The van der Waals surface area contributed by atoms with Crippen LogP contribution in [0, 0.1) is 0 Å². The molecule has 0 aliphatic carbocycles. The third kappa shape index (κ3) is 2.69. The van der Waals surface area contributed by atoms with Crippen LogP contribution in [0.15, 0.2) is 0 Å². The number of carbonyl (C=O) groups is 1. The quantitative estimate of drug-likeness (QED) is 0.754. The topological polar surface area (TPSA) is 43.8 Å². The third-order valence-electron chi connectivity index (χ3n) is 3.38. The van der Waals surface area contributed by atoms with Gasteiger partial charge in [-0.05, 0) is 39.5 Å². The van der Waals surface area contributed by atoms with Crippen molar-refractivity contribution < 1.29 is 9.90 Å². The van der Waals surface area contributed by atoms with E-state index in [1.807, 2.05) is 11.9 Å². The van der Waals surface area contributed by atoms with E-state index in [1.54, 1.807) is 0 Å². The Labute approximate surface area is 91.9 Å². The summed E-state index contributed by atoms with van der Waals surface area (Å²) in [6.07, 6.45) is 2.10. The molecule has 0 amide bonds. The van der Waals surface area contributed by atoms with Crippen LogP contribution in [0.25, 0.3) is 0 Å². The van der Waals surface area contributed by atoms with Crippen molar-refractivity contribution in [3.63, 3.8) is 0 Å². The summed E-state index contributed by atoms with van der Waals surface area (Å²) in [7, 11) is 1.91. The summed E-state index contributed by atoms with van der Waals surface area (Å²) in [5.41, 5.74) is 0. The van der Waals surface area contributed by atoms with Crippen LogP contribution in [-0.2, 0) is 4.79 Å². The summed E-state index contributed by atoms with van der Waals surface area (Å²) >= 11 is 0. The number of aliphatic carboxylic acids is 1. The lowest BCUT2D eigenvalue weighted by atomic mass is 9.95. The Morgan fingerprint density at radius 1 is 1.47 bits per heavy atom. The molecular formula is C11H22N2O2. The largest absolute Gasteiger partial charge is 0.480 e.